The van der Waals surface area contributed by atoms with E-state index < -0.39 is 0 Å². The second-order valence-corrected chi connectivity index (χ2v) is 12.9. The summed E-state index contributed by atoms with van der Waals surface area (Å²) in [5, 5.41) is 2.64. The highest BCUT2D eigenvalue weighted by Gasteiger charge is 2.28. The van der Waals surface area contributed by atoms with Crippen molar-refractivity contribution in [3.63, 3.8) is 0 Å². The van der Waals surface area contributed by atoms with Crippen LogP contribution >= 0.6 is 24.0 Å². The van der Waals surface area contributed by atoms with Gasteiger partial charge in [0.25, 0.3) is 11.8 Å². The van der Waals surface area contributed by atoms with Gasteiger partial charge in [0.2, 0.25) is 0 Å². The molecule has 2 aromatic carbocycles. The molecule has 0 aliphatic carbocycles. The molecule has 0 saturated carbocycles. The zero-order valence-electron chi connectivity index (χ0n) is 22.4. The van der Waals surface area contributed by atoms with Crippen LogP contribution in [0.4, 0.5) is 5.69 Å². The van der Waals surface area contributed by atoms with E-state index in [0.29, 0.717) is 27.2 Å². The number of thioether (sulfide) groups is 1. The maximum Gasteiger partial charge on any atom is 0.265 e. The zero-order chi connectivity index (χ0) is 27.0. The Labute approximate surface area is 234 Å². The Hall–Kier alpha value is -2.72. The van der Waals surface area contributed by atoms with Gasteiger partial charge in [-0.25, -0.2) is 0 Å². The van der Waals surface area contributed by atoms with Crippen LogP contribution in [0, 0.1) is 0 Å². The van der Waals surface area contributed by atoms with Crippen LogP contribution in [0.15, 0.2) is 41.3 Å². The molecule has 3 heterocycles. The lowest BCUT2D eigenvalue weighted by atomic mass is 9.85. The number of carbonyl (C=O) groups excluding carboxylic acids is 2. The molecule has 3 aliphatic rings. The van der Waals surface area contributed by atoms with Gasteiger partial charge in [-0.05, 0) is 52.9 Å². The lowest BCUT2D eigenvalue weighted by molar-refractivity contribution is -0.121. The average Bonchev–Trinajstić information content (AvgIpc) is 3.18. The van der Waals surface area contributed by atoms with Crippen molar-refractivity contribution in [2.45, 2.75) is 39.3 Å². The number of hydrogen-bond donors (Lipinski definition) is 1. The van der Waals surface area contributed by atoms with E-state index in [4.69, 9.17) is 17.0 Å². The van der Waals surface area contributed by atoms with Crippen LogP contribution in [0.1, 0.15) is 43.0 Å². The number of fused-ring (bicyclic) bond motifs is 1. The first-order valence-electron chi connectivity index (χ1n) is 12.9. The number of carbonyl (C=O) groups is 2. The van der Waals surface area contributed by atoms with Gasteiger partial charge in [0.05, 0.1) is 17.1 Å². The fraction of sp³-hybridized carbons (Fsp3) is 0.414. The van der Waals surface area contributed by atoms with Crippen molar-refractivity contribution in [2.24, 2.45) is 0 Å². The molecular weight excluding hydrogens is 516 g/mol. The van der Waals surface area contributed by atoms with E-state index in [1.807, 2.05) is 18.2 Å². The van der Waals surface area contributed by atoms with Crippen molar-refractivity contribution >= 4 is 51.9 Å². The number of benzene rings is 2. The van der Waals surface area contributed by atoms with Gasteiger partial charge in [-0.1, -0.05) is 69.0 Å². The summed E-state index contributed by atoms with van der Waals surface area (Å²) in [4.78, 5) is 32.5. The van der Waals surface area contributed by atoms with Gasteiger partial charge in [-0.2, -0.15) is 0 Å². The van der Waals surface area contributed by atoms with Gasteiger partial charge < -0.3 is 19.9 Å². The molecule has 0 atom stereocenters. The summed E-state index contributed by atoms with van der Waals surface area (Å²) in [6, 6.07) is 12.4. The molecule has 38 heavy (non-hydrogen) atoms. The summed E-state index contributed by atoms with van der Waals surface area (Å²) in [6.07, 6.45) is 1.80. The molecule has 2 aromatic rings. The van der Waals surface area contributed by atoms with E-state index in [9.17, 15) is 9.59 Å². The SMILES string of the molecule is CN1CCN(Cc2cc(CN3C(=O)COc4ccc(/C=C5/SC(=S)NC5=O)cc43)cc(C(C)(C)C)c2)CC1. The molecule has 200 valence electrons. The topological polar surface area (TPSA) is 65.1 Å². The van der Waals surface area contributed by atoms with Crippen LogP contribution in [0.2, 0.25) is 0 Å². The minimum Gasteiger partial charge on any atom is -0.482 e. The van der Waals surface area contributed by atoms with Crippen molar-refractivity contribution in [2.75, 3.05) is 44.7 Å². The average molecular weight is 551 g/mol. The summed E-state index contributed by atoms with van der Waals surface area (Å²) in [7, 11) is 2.17. The van der Waals surface area contributed by atoms with Crippen LogP contribution in [-0.4, -0.2) is 65.8 Å². The molecule has 0 spiro atoms. The Morgan fingerprint density at radius 1 is 1.03 bits per heavy atom. The monoisotopic (exact) mass is 550 g/mol. The Kier molecular flexibility index (Phi) is 7.64. The zero-order valence-corrected chi connectivity index (χ0v) is 24.0. The summed E-state index contributed by atoms with van der Waals surface area (Å²) in [5.41, 5.74) is 5.15. The van der Waals surface area contributed by atoms with E-state index in [0.717, 1.165) is 43.9 Å². The van der Waals surface area contributed by atoms with Gasteiger partial charge in [-0.15, -0.1) is 0 Å². The number of nitrogens with zero attached hydrogens (tertiary/aromatic N) is 3. The van der Waals surface area contributed by atoms with E-state index in [-0.39, 0.29) is 23.8 Å². The lowest BCUT2D eigenvalue weighted by Gasteiger charge is -2.33. The molecule has 0 unspecified atom stereocenters. The van der Waals surface area contributed by atoms with Gasteiger partial charge in [-0.3, -0.25) is 14.5 Å². The Morgan fingerprint density at radius 3 is 2.39 bits per heavy atom. The van der Waals surface area contributed by atoms with Crippen molar-refractivity contribution in [1.29, 1.82) is 0 Å². The van der Waals surface area contributed by atoms with E-state index in [1.54, 1.807) is 11.0 Å². The van der Waals surface area contributed by atoms with Gasteiger partial charge in [0.15, 0.2) is 6.61 Å². The highest BCUT2D eigenvalue weighted by molar-refractivity contribution is 8.26. The maximum absolute atomic E-state index is 13.1. The fourth-order valence-corrected chi connectivity index (χ4v) is 5.92. The summed E-state index contributed by atoms with van der Waals surface area (Å²) < 4.78 is 6.20. The van der Waals surface area contributed by atoms with E-state index >= 15 is 0 Å². The number of nitrogens with one attached hydrogen (secondary N) is 1. The third-order valence-electron chi connectivity index (χ3n) is 7.13. The van der Waals surface area contributed by atoms with Crippen molar-refractivity contribution < 1.29 is 14.3 Å². The summed E-state index contributed by atoms with van der Waals surface area (Å²) >= 11 is 6.35. The van der Waals surface area contributed by atoms with Crippen molar-refractivity contribution in [1.82, 2.24) is 15.1 Å². The highest BCUT2D eigenvalue weighted by atomic mass is 32.2. The molecule has 2 fully saturated rings. The first kappa shape index (κ1) is 26.9. The molecule has 0 radical (unpaired) electrons. The summed E-state index contributed by atoms with van der Waals surface area (Å²) in [6.45, 7) is 12.3. The number of piperazine rings is 1. The number of likely N-dealkylation sites (N-methyl/N-ethyl adjacent to an activating group) is 1. The number of ether oxygens (including phenoxy) is 1. The van der Waals surface area contributed by atoms with Crippen molar-refractivity contribution in [3.05, 3.63) is 63.6 Å². The third kappa shape index (κ3) is 6.12. The molecule has 7 nitrogen and oxygen atoms in total. The summed E-state index contributed by atoms with van der Waals surface area (Å²) in [5.74, 6) is 0.377. The van der Waals surface area contributed by atoms with Gasteiger partial charge in [0.1, 0.15) is 10.1 Å². The minimum absolute atomic E-state index is 0.00702. The van der Waals surface area contributed by atoms with Crippen LogP contribution in [0.25, 0.3) is 6.08 Å². The maximum atomic E-state index is 13.1. The minimum atomic E-state index is -0.200. The number of hydrogen-bond acceptors (Lipinski definition) is 7. The normalized spacial score (nSPS) is 20.1. The predicted molar refractivity (Wildman–Crippen MR) is 157 cm³/mol. The van der Waals surface area contributed by atoms with Crippen molar-refractivity contribution in [3.8, 4) is 5.75 Å². The molecule has 2 amide bonds. The molecule has 0 bridgehead atoms. The first-order chi connectivity index (χ1) is 18.0. The van der Waals surface area contributed by atoms with Crippen LogP contribution in [0.5, 0.6) is 5.75 Å². The van der Waals surface area contributed by atoms with Crippen LogP contribution in [0.3, 0.4) is 0 Å². The molecule has 5 rings (SSSR count). The lowest BCUT2D eigenvalue weighted by Crippen LogP contribution is -2.43. The predicted octanol–water partition coefficient (Wildman–Crippen LogP) is 4.15. The molecule has 2 saturated heterocycles. The Balaban J connectivity index is 1.44. The van der Waals surface area contributed by atoms with Crippen LogP contribution < -0.4 is 15.0 Å². The second-order valence-electron chi connectivity index (χ2n) is 11.2. The number of anilines is 1. The standard InChI is InChI=1S/C29H34N4O3S2/c1-29(2,3)22-12-20(16-32-9-7-31(4)8-10-32)11-21(13-22)17-33-23-14-19(5-6-24(23)36-18-26(33)34)15-25-27(35)30-28(37)38-25/h5-6,11-15H,7-10,16-18H2,1-4H3,(H,30,35,37)/b25-15+. The van der Waals surface area contributed by atoms with E-state index in [2.05, 4.69) is 61.1 Å². The smallest absolute Gasteiger partial charge is 0.265 e. The quantitative estimate of drug-likeness (QED) is 0.443. The first-order valence-corrected chi connectivity index (χ1v) is 14.1. The second kappa shape index (κ2) is 10.8. The highest BCUT2D eigenvalue weighted by Crippen LogP contribution is 2.36. The molecule has 9 heteroatoms. The molecule has 0 aromatic heterocycles. The Bertz CT molecular complexity index is 1310. The van der Waals surface area contributed by atoms with E-state index in [1.165, 1.54) is 22.9 Å². The van der Waals surface area contributed by atoms with Crippen LogP contribution in [-0.2, 0) is 28.1 Å². The number of thiocarbonyl (C=S) groups is 1. The Morgan fingerprint density at radius 2 is 1.74 bits per heavy atom. The molecular formula is C29H34N4O3S2. The number of rotatable bonds is 5. The van der Waals surface area contributed by atoms with Gasteiger partial charge >= 0.3 is 0 Å². The number of amides is 2. The fourth-order valence-electron chi connectivity index (χ4n) is 4.88. The molecule has 3 aliphatic heterocycles. The van der Waals surface area contributed by atoms with Gasteiger partial charge in [0, 0.05) is 32.7 Å². The third-order valence-corrected chi connectivity index (χ3v) is 8.29. The molecule has 1 N–H and O–H groups in total. The largest absolute Gasteiger partial charge is 0.482 e.